The molecule has 0 saturated heterocycles. The second-order valence-electron chi connectivity index (χ2n) is 6.58. The zero-order valence-electron chi connectivity index (χ0n) is 14.2. The monoisotopic (exact) mass is 341 g/mol. The van der Waals surface area contributed by atoms with Gasteiger partial charge in [0.05, 0.1) is 12.6 Å². The number of nitrogens with zero attached hydrogens (tertiary/aromatic N) is 3. The SMILES string of the molecule is COc1ccc(-c2nc(-c3ccc(Cl)cc3)n(C(C)(C)C)n2)cc1. The lowest BCUT2D eigenvalue weighted by Gasteiger charge is -2.21. The molecule has 2 aromatic carbocycles. The Morgan fingerprint density at radius 1 is 0.917 bits per heavy atom. The second-order valence-corrected chi connectivity index (χ2v) is 7.01. The van der Waals surface area contributed by atoms with Crippen LogP contribution in [-0.4, -0.2) is 21.9 Å². The van der Waals surface area contributed by atoms with E-state index in [9.17, 15) is 0 Å². The van der Waals surface area contributed by atoms with Crippen LogP contribution in [-0.2, 0) is 5.54 Å². The first kappa shape index (κ1) is 16.5. The van der Waals surface area contributed by atoms with Gasteiger partial charge in [0.2, 0.25) is 0 Å². The summed E-state index contributed by atoms with van der Waals surface area (Å²) in [4.78, 5) is 4.77. The molecule has 0 radical (unpaired) electrons. The molecule has 0 aliphatic rings. The molecule has 0 N–H and O–H groups in total. The predicted octanol–water partition coefficient (Wildman–Crippen LogP) is 5.03. The van der Waals surface area contributed by atoms with Crippen LogP contribution < -0.4 is 4.74 Å². The number of methoxy groups -OCH3 is 1. The van der Waals surface area contributed by atoms with Gasteiger partial charge in [0, 0.05) is 16.1 Å². The van der Waals surface area contributed by atoms with Crippen molar-refractivity contribution in [2.24, 2.45) is 0 Å². The molecule has 3 aromatic rings. The number of aromatic nitrogens is 3. The van der Waals surface area contributed by atoms with Crippen LogP contribution >= 0.6 is 11.6 Å². The van der Waals surface area contributed by atoms with Crippen molar-refractivity contribution in [2.75, 3.05) is 7.11 Å². The number of hydrogen-bond donors (Lipinski definition) is 0. The molecule has 124 valence electrons. The Labute approximate surface area is 147 Å². The minimum absolute atomic E-state index is 0.188. The molecular formula is C19H20ClN3O. The Morgan fingerprint density at radius 2 is 1.50 bits per heavy atom. The van der Waals surface area contributed by atoms with E-state index in [1.54, 1.807) is 7.11 Å². The highest BCUT2D eigenvalue weighted by atomic mass is 35.5. The number of hydrogen-bond acceptors (Lipinski definition) is 3. The predicted molar refractivity (Wildman–Crippen MR) is 97.5 cm³/mol. The van der Waals surface area contributed by atoms with Crippen molar-refractivity contribution >= 4 is 11.6 Å². The van der Waals surface area contributed by atoms with E-state index in [0.717, 1.165) is 22.7 Å². The summed E-state index contributed by atoms with van der Waals surface area (Å²) in [5, 5.41) is 5.44. The highest BCUT2D eigenvalue weighted by molar-refractivity contribution is 6.30. The topological polar surface area (TPSA) is 39.9 Å². The summed E-state index contributed by atoms with van der Waals surface area (Å²) in [5.41, 5.74) is 1.75. The van der Waals surface area contributed by atoms with Crippen LogP contribution in [0.2, 0.25) is 5.02 Å². The second kappa shape index (κ2) is 6.29. The van der Waals surface area contributed by atoms with Gasteiger partial charge in [0.25, 0.3) is 0 Å². The molecule has 0 aliphatic carbocycles. The maximum absolute atomic E-state index is 6.00. The van der Waals surface area contributed by atoms with Crippen LogP contribution in [0.4, 0.5) is 0 Å². The average molecular weight is 342 g/mol. The van der Waals surface area contributed by atoms with E-state index in [2.05, 4.69) is 20.8 Å². The third-order valence-corrected chi connectivity index (χ3v) is 3.95. The first-order valence-corrected chi connectivity index (χ1v) is 8.14. The van der Waals surface area contributed by atoms with E-state index in [-0.39, 0.29) is 5.54 Å². The van der Waals surface area contributed by atoms with Gasteiger partial charge < -0.3 is 4.74 Å². The molecule has 24 heavy (non-hydrogen) atoms. The lowest BCUT2D eigenvalue weighted by molar-refractivity contribution is 0.360. The summed E-state index contributed by atoms with van der Waals surface area (Å²) < 4.78 is 7.16. The number of ether oxygens (including phenoxy) is 1. The highest BCUT2D eigenvalue weighted by Gasteiger charge is 2.22. The average Bonchev–Trinajstić information content (AvgIpc) is 3.01. The van der Waals surface area contributed by atoms with E-state index in [1.165, 1.54) is 0 Å². The molecule has 0 unspecified atom stereocenters. The molecule has 0 fully saturated rings. The molecule has 1 aromatic heterocycles. The van der Waals surface area contributed by atoms with Crippen molar-refractivity contribution in [3.63, 3.8) is 0 Å². The van der Waals surface area contributed by atoms with E-state index < -0.39 is 0 Å². The van der Waals surface area contributed by atoms with Crippen molar-refractivity contribution in [3.05, 3.63) is 53.6 Å². The molecule has 0 saturated carbocycles. The van der Waals surface area contributed by atoms with Gasteiger partial charge in [0.15, 0.2) is 11.6 Å². The molecule has 3 rings (SSSR count). The molecule has 0 bridgehead atoms. The fourth-order valence-corrected chi connectivity index (χ4v) is 2.55. The molecule has 1 heterocycles. The summed E-state index contributed by atoms with van der Waals surface area (Å²) in [7, 11) is 1.65. The zero-order chi connectivity index (χ0) is 17.3. The molecule has 0 amide bonds. The van der Waals surface area contributed by atoms with Crippen molar-refractivity contribution in [3.8, 4) is 28.5 Å². The Balaban J connectivity index is 2.10. The standard InChI is InChI=1S/C19H20ClN3O/c1-19(2,3)23-18(14-5-9-15(20)10-6-14)21-17(22-23)13-7-11-16(24-4)12-8-13/h5-12H,1-4H3. The fraction of sp³-hybridized carbons (Fsp3) is 0.263. The Bertz CT molecular complexity index is 831. The van der Waals surface area contributed by atoms with Gasteiger partial charge in [-0.15, -0.1) is 5.10 Å². The smallest absolute Gasteiger partial charge is 0.181 e. The van der Waals surface area contributed by atoms with E-state index in [1.807, 2.05) is 53.2 Å². The van der Waals surface area contributed by atoms with Gasteiger partial charge in [-0.3, -0.25) is 0 Å². The quantitative estimate of drug-likeness (QED) is 0.670. The highest BCUT2D eigenvalue weighted by Crippen LogP contribution is 2.29. The van der Waals surface area contributed by atoms with E-state index in [4.69, 9.17) is 26.4 Å². The normalized spacial score (nSPS) is 11.5. The summed E-state index contributed by atoms with van der Waals surface area (Å²) in [6.07, 6.45) is 0. The Hall–Kier alpha value is -2.33. The summed E-state index contributed by atoms with van der Waals surface area (Å²) in [6, 6.07) is 15.4. The molecule has 0 spiro atoms. The Kier molecular flexibility index (Phi) is 4.33. The zero-order valence-corrected chi connectivity index (χ0v) is 15.0. The van der Waals surface area contributed by atoms with Gasteiger partial charge in [-0.2, -0.15) is 0 Å². The van der Waals surface area contributed by atoms with Crippen molar-refractivity contribution in [1.29, 1.82) is 0 Å². The summed E-state index contributed by atoms with van der Waals surface area (Å²) in [6.45, 7) is 6.33. The summed E-state index contributed by atoms with van der Waals surface area (Å²) in [5.74, 6) is 2.33. The van der Waals surface area contributed by atoms with Crippen LogP contribution in [0.3, 0.4) is 0 Å². The van der Waals surface area contributed by atoms with Crippen LogP contribution in [0, 0.1) is 0 Å². The molecular weight excluding hydrogens is 322 g/mol. The maximum Gasteiger partial charge on any atom is 0.181 e. The minimum Gasteiger partial charge on any atom is -0.497 e. The third-order valence-electron chi connectivity index (χ3n) is 3.69. The van der Waals surface area contributed by atoms with Gasteiger partial charge in [-0.1, -0.05) is 11.6 Å². The lowest BCUT2D eigenvalue weighted by atomic mass is 10.1. The largest absolute Gasteiger partial charge is 0.497 e. The molecule has 0 atom stereocenters. The van der Waals surface area contributed by atoms with Crippen LogP contribution in [0.5, 0.6) is 5.75 Å². The van der Waals surface area contributed by atoms with Crippen LogP contribution in [0.1, 0.15) is 20.8 Å². The minimum atomic E-state index is -0.188. The van der Waals surface area contributed by atoms with Crippen LogP contribution in [0.15, 0.2) is 48.5 Å². The molecule has 0 aliphatic heterocycles. The Morgan fingerprint density at radius 3 is 2.04 bits per heavy atom. The van der Waals surface area contributed by atoms with Crippen molar-refractivity contribution in [1.82, 2.24) is 14.8 Å². The first-order valence-electron chi connectivity index (χ1n) is 7.76. The maximum atomic E-state index is 6.00. The van der Waals surface area contributed by atoms with E-state index >= 15 is 0 Å². The fourth-order valence-electron chi connectivity index (χ4n) is 2.43. The number of rotatable bonds is 3. The van der Waals surface area contributed by atoms with Gasteiger partial charge >= 0.3 is 0 Å². The summed E-state index contributed by atoms with van der Waals surface area (Å²) >= 11 is 6.00. The van der Waals surface area contributed by atoms with Gasteiger partial charge in [-0.25, -0.2) is 9.67 Å². The van der Waals surface area contributed by atoms with Gasteiger partial charge in [0.1, 0.15) is 5.75 Å². The lowest BCUT2D eigenvalue weighted by Crippen LogP contribution is -2.24. The number of benzene rings is 2. The third kappa shape index (κ3) is 3.29. The number of halogens is 1. The first-order chi connectivity index (χ1) is 11.4. The molecule has 4 nitrogen and oxygen atoms in total. The van der Waals surface area contributed by atoms with Gasteiger partial charge in [-0.05, 0) is 69.3 Å². The van der Waals surface area contributed by atoms with E-state index in [0.29, 0.717) is 10.8 Å². The van der Waals surface area contributed by atoms with Crippen molar-refractivity contribution < 1.29 is 4.74 Å². The van der Waals surface area contributed by atoms with Crippen molar-refractivity contribution in [2.45, 2.75) is 26.3 Å². The van der Waals surface area contributed by atoms with Crippen LogP contribution in [0.25, 0.3) is 22.8 Å². The molecule has 5 heteroatoms.